The summed E-state index contributed by atoms with van der Waals surface area (Å²) in [6.07, 6.45) is 28.4. The molecular formula is C30H66N4O. The smallest absolute Gasteiger partial charge is 0.0664 e. The summed E-state index contributed by atoms with van der Waals surface area (Å²) in [7, 11) is 0. The van der Waals surface area contributed by atoms with Crippen LogP contribution in [0.25, 0.3) is 0 Å². The normalized spacial score (nSPS) is 12.9. The minimum absolute atomic E-state index is 0.0735. The highest BCUT2D eigenvalue weighted by Crippen LogP contribution is 2.27. The molecule has 0 heterocycles. The third-order valence-electron chi connectivity index (χ3n) is 7.68. The van der Waals surface area contributed by atoms with Crippen LogP contribution in [-0.4, -0.2) is 42.9 Å². The molecule has 35 heavy (non-hydrogen) atoms. The van der Waals surface area contributed by atoms with Crippen LogP contribution in [0.2, 0.25) is 0 Å². The number of aliphatic hydroxyl groups excluding tert-OH is 1. The van der Waals surface area contributed by atoms with Crippen LogP contribution in [-0.2, 0) is 0 Å². The van der Waals surface area contributed by atoms with Gasteiger partial charge in [0.1, 0.15) is 0 Å². The van der Waals surface area contributed by atoms with Gasteiger partial charge in [0.05, 0.1) is 6.10 Å². The van der Waals surface area contributed by atoms with Crippen molar-refractivity contribution in [2.75, 3.05) is 26.2 Å². The molecule has 0 aliphatic heterocycles. The second kappa shape index (κ2) is 26.9. The van der Waals surface area contributed by atoms with E-state index in [1.54, 1.807) is 0 Å². The van der Waals surface area contributed by atoms with Crippen molar-refractivity contribution in [1.82, 2.24) is 5.32 Å². The Labute approximate surface area is 220 Å². The lowest BCUT2D eigenvalue weighted by atomic mass is 9.82. The molecular weight excluding hydrogens is 432 g/mol. The van der Waals surface area contributed by atoms with E-state index in [9.17, 15) is 5.11 Å². The molecule has 0 saturated carbocycles. The molecule has 5 nitrogen and oxygen atoms in total. The number of aliphatic hydroxyl groups is 1. The van der Waals surface area contributed by atoms with Gasteiger partial charge in [-0.2, -0.15) is 0 Å². The minimum atomic E-state index is -0.252. The van der Waals surface area contributed by atoms with E-state index in [1.807, 2.05) is 0 Å². The van der Waals surface area contributed by atoms with E-state index in [1.165, 1.54) is 96.3 Å². The maximum absolute atomic E-state index is 10.7. The van der Waals surface area contributed by atoms with Gasteiger partial charge in [0.25, 0.3) is 0 Å². The van der Waals surface area contributed by atoms with Crippen molar-refractivity contribution in [1.29, 1.82) is 0 Å². The number of hydrogen-bond donors (Lipinski definition) is 5. The second-order valence-corrected chi connectivity index (χ2v) is 11.1. The Morgan fingerprint density at radius 2 is 0.943 bits per heavy atom. The van der Waals surface area contributed by atoms with Crippen molar-refractivity contribution in [3.05, 3.63) is 0 Å². The predicted molar refractivity (Wildman–Crippen MR) is 156 cm³/mol. The average Bonchev–Trinajstić information content (AvgIpc) is 2.87. The molecule has 0 aliphatic rings. The molecule has 0 aromatic carbocycles. The zero-order valence-corrected chi connectivity index (χ0v) is 23.8. The fourth-order valence-electron chi connectivity index (χ4n) is 5.32. The van der Waals surface area contributed by atoms with Gasteiger partial charge in [-0.1, -0.05) is 110 Å². The van der Waals surface area contributed by atoms with Gasteiger partial charge >= 0.3 is 0 Å². The van der Waals surface area contributed by atoms with Crippen LogP contribution in [0.3, 0.4) is 0 Å². The maximum Gasteiger partial charge on any atom is 0.0664 e. The first-order chi connectivity index (χ1) is 17.1. The summed E-state index contributed by atoms with van der Waals surface area (Å²) in [4.78, 5) is 0. The van der Waals surface area contributed by atoms with Gasteiger partial charge in [0, 0.05) is 12.1 Å². The number of hydrogen-bond acceptors (Lipinski definition) is 5. The Morgan fingerprint density at radius 1 is 0.543 bits per heavy atom. The average molecular weight is 499 g/mol. The molecule has 0 spiro atoms. The standard InChI is InChI=1S/C30H66N4O/c1-2-3-4-5-6-7-8-9-10-11-13-16-21-29(35)28-34-30(23-19-26-32,24-20-27-33)22-17-14-12-15-18-25-31/h29,34-35H,2-28,31-33H2,1H3/t29-/m1/s1. The molecule has 0 aromatic rings. The second-order valence-electron chi connectivity index (χ2n) is 11.1. The molecule has 0 aliphatic carbocycles. The third kappa shape index (κ3) is 22.7. The molecule has 0 bridgehead atoms. The third-order valence-corrected chi connectivity index (χ3v) is 7.68. The number of unbranched alkanes of at least 4 members (excludes halogenated alkanes) is 15. The highest BCUT2D eigenvalue weighted by molar-refractivity contribution is 4.89. The first-order valence-electron chi connectivity index (χ1n) is 15.7. The van der Waals surface area contributed by atoms with Crippen molar-refractivity contribution in [2.24, 2.45) is 17.2 Å². The molecule has 0 fully saturated rings. The van der Waals surface area contributed by atoms with Gasteiger partial charge < -0.3 is 27.6 Å². The Bertz CT molecular complexity index is 400. The molecule has 0 saturated heterocycles. The first kappa shape index (κ1) is 34.8. The lowest BCUT2D eigenvalue weighted by Crippen LogP contribution is -2.49. The van der Waals surface area contributed by atoms with Crippen LogP contribution in [0.15, 0.2) is 0 Å². The van der Waals surface area contributed by atoms with Gasteiger partial charge in [-0.05, 0) is 64.6 Å². The van der Waals surface area contributed by atoms with Crippen LogP contribution < -0.4 is 22.5 Å². The van der Waals surface area contributed by atoms with Gasteiger partial charge in [0.2, 0.25) is 0 Å². The predicted octanol–water partition coefficient (Wildman–Crippen LogP) is 6.54. The van der Waals surface area contributed by atoms with Gasteiger partial charge in [0.15, 0.2) is 0 Å². The Kier molecular flexibility index (Phi) is 26.7. The Balaban J connectivity index is 4.14. The van der Waals surface area contributed by atoms with Crippen molar-refractivity contribution in [3.8, 4) is 0 Å². The van der Waals surface area contributed by atoms with Gasteiger partial charge in [-0.15, -0.1) is 0 Å². The van der Waals surface area contributed by atoms with E-state index in [0.717, 1.165) is 71.0 Å². The van der Waals surface area contributed by atoms with E-state index in [4.69, 9.17) is 17.2 Å². The summed E-state index contributed by atoms with van der Waals surface area (Å²) in [5.41, 5.74) is 17.4. The SMILES string of the molecule is CCCCCCCCCCCCCC[C@@H](O)CNC(CCCN)(CCCN)CCCCCCCN. The molecule has 8 N–H and O–H groups in total. The van der Waals surface area contributed by atoms with E-state index < -0.39 is 0 Å². The van der Waals surface area contributed by atoms with Crippen molar-refractivity contribution >= 4 is 0 Å². The molecule has 0 radical (unpaired) electrons. The fourth-order valence-corrected chi connectivity index (χ4v) is 5.32. The van der Waals surface area contributed by atoms with Crippen molar-refractivity contribution in [3.63, 3.8) is 0 Å². The highest BCUT2D eigenvalue weighted by atomic mass is 16.3. The lowest BCUT2D eigenvalue weighted by Gasteiger charge is -2.37. The summed E-state index contributed by atoms with van der Waals surface area (Å²) in [6, 6.07) is 0. The summed E-state index contributed by atoms with van der Waals surface area (Å²) in [5.74, 6) is 0. The Morgan fingerprint density at radius 3 is 1.43 bits per heavy atom. The molecule has 0 aromatic heterocycles. The van der Waals surface area contributed by atoms with Crippen LogP contribution in [0.1, 0.15) is 155 Å². The maximum atomic E-state index is 10.7. The fraction of sp³-hybridized carbons (Fsp3) is 1.00. The van der Waals surface area contributed by atoms with Crippen molar-refractivity contribution < 1.29 is 5.11 Å². The quantitative estimate of drug-likeness (QED) is 0.0751. The number of β-amino-alcohol motifs (C(OH)–C–C–N with tert-alkyl or cyclic N) is 1. The topological polar surface area (TPSA) is 110 Å². The summed E-state index contributed by atoms with van der Waals surface area (Å²) in [5, 5.41) is 14.5. The van der Waals surface area contributed by atoms with E-state index in [0.29, 0.717) is 6.54 Å². The molecule has 1 atom stereocenters. The largest absolute Gasteiger partial charge is 0.392 e. The zero-order valence-electron chi connectivity index (χ0n) is 23.8. The molecule has 0 rings (SSSR count). The minimum Gasteiger partial charge on any atom is -0.392 e. The van der Waals surface area contributed by atoms with E-state index >= 15 is 0 Å². The van der Waals surface area contributed by atoms with Crippen LogP contribution in [0.5, 0.6) is 0 Å². The number of nitrogens with one attached hydrogen (secondary N) is 1. The summed E-state index contributed by atoms with van der Waals surface area (Å²) in [6.45, 7) is 5.23. The van der Waals surface area contributed by atoms with Crippen LogP contribution in [0.4, 0.5) is 0 Å². The molecule has 0 amide bonds. The number of rotatable bonds is 29. The lowest BCUT2D eigenvalue weighted by molar-refractivity contribution is 0.131. The highest BCUT2D eigenvalue weighted by Gasteiger charge is 2.28. The van der Waals surface area contributed by atoms with Crippen LogP contribution in [0, 0.1) is 0 Å². The van der Waals surface area contributed by atoms with Gasteiger partial charge in [-0.3, -0.25) is 0 Å². The summed E-state index contributed by atoms with van der Waals surface area (Å²) < 4.78 is 0. The Hall–Kier alpha value is -0.200. The van der Waals surface area contributed by atoms with E-state index in [2.05, 4.69) is 12.2 Å². The van der Waals surface area contributed by atoms with E-state index in [-0.39, 0.29) is 11.6 Å². The summed E-state index contributed by atoms with van der Waals surface area (Å²) >= 11 is 0. The van der Waals surface area contributed by atoms with Gasteiger partial charge in [-0.25, -0.2) is 0 Å². The monoisotopic (exact) mass is 499 g/mol. The molecule has 0 unspecified atom stereocenters. The van der Waals surface area contributed by atoms with Crippen molar-refractivity contribution in [2.45, 2.75) is 166 Å². The molecule has 212 valence electrons. The zero-order chi connectivity index (χ0) is 25.9. The number of nitrogens with two attached hydrogens (primary N) is 3. The first-order valence-corrected chi connectivity index (χ1v) is 15.7. The van der Waals surface area contributed by atoms with Crippen LogP contribution >= 0.6 is 0 Å². The molecule has 5 heteroatoms.